The molecule has 2 fully saturated rings. The molecule has 0 spiro atoms. The Bertz CT molecular complexity index is 716. The van der Waals surface area contributed by atoms with Crippen LogP contribution in [-0.4, -0.2) is 24.0 Å². The molecule has 0 radical (unpaired) electrons. The summed E-state index contributed by atoms with van der Waals surface area (Å²) in [5.74, 6) is 0.416. The maximum Gasteiger partial charge on any atom is 0.273 e. The van der Waals surface area contributed by atoms with Gasteiger partial charge in [-0.2, -0.15) is 0 Å². The van der Waals surface area contributed by atoms with Crippen molar-refractivity contribution < 1.29 is 13.9 Å². The van der Waals surface area contributed by atoms with E-state index in [1.807, 2.05) is 6.07 Å². The minimum atomic E-state index is -0.154. The number of oxazole rings is 1. The molecule has 5 heteroatoms. The Balaban J connectivity index is 1.40. The molecule has 1 saturated carbocycles. The fourth-order valence-electron chi connectivity index (χ4n) is 3.91. The number of nitrogens with one attached hydrogen (secondary N) is 1. The van der Waals surface area contributed by atoms with Crippen molar-refractivity contribution in [2.24, 2.45) is 5.41 Å². The molecule has 1 aliphatic heterocycles. The summed E-state index contributed by atoms with van der Waals surface area (Å²) in [5.41, 5.74) is 1.88. The first-order valence-electron chi connectivity index (χ1n) is 9.13. The van der Waals surface area contributed by atoms with Crippen molar-refractivity contribution in [2.45, 2.75) is 44.6 Å². The number of amides is 1. The predicted octanol–water partition coefficient (Wildman–Crippen LogP) is 3.67. The number of hydrogen-bond acceptors (Lipinski definition) is 4. The van der Waals surface area contributed by atoms with Gasteiger partial charge in [0.2, 0.25) is 0 Å². The number of carbonyl (C=O) groups is 1. The molecule has 1 N–H and O–H groups in total. The largest absolute Gasteiger partial charge is 0.445 e. The number of carbonyl (C=O) groups excluding carboxylic acids is 1. The molecular weight excluding hydrogens is 316 g/mol. The number of nitrogens with zero attached hydrogens (tertiary/aromatic N) is 1. The van der Waals surface area contributed by atoms with Gasteiger partial charge in [-0.15, -0.1) is 0 Å². The Morgan fingerprint density at radius 2 is 2.08 bits per heavy atom. The van der Waals surface area contributed by atoms with Crippen LogP contribution in [0, 0.1) is 5.41 Å². The lowest BCUT2D eigenvalue weighted by molar-refractivity contribution is 0.0808. The molecule has 2 aromatic rings. The van der Waals surface area contributed by atoms with Gasteiger partial charge in [0.1, 0.15) is 6.10 Å². The van der Waals surface area contributed by atoms with Gasteiger partial charge in [0, 0.05) is 13.2 Å². The summed E-state index contributed by atoms with van der Waals surface area (Å²) >= 11 is 0. The topological polar surface area (TPSA) is 64.4 Å². The van der Waals surface area contributed by atoms with E-state index in [2.05, 4.69) is 34.6 Å². The number of rotatable bonds is 6. The third kappa shape index (κ3) is 3.47. The molecule has 25 heavy (non-hydrogen) atoms. The summed E-state index contributed by atoms with van der Waals surface area (Å²) in [4.78, 5) is 16.8. The van der Waals surface area contributed by atoms with Gasteiger partial charge in [0.05, 0.1) is 0 Å². The lowest BCUT2D eigenvalue weighted by Gasteiger charge is -2.42. The second kappa shape index (κ2) is 7.00. The van der Waals surface area contributed by atoms with E-state index in [4.69, 9.17) is 9.15 Å². The van der Waals surface area contributed by atoms with Gasteiger partial charge < -0.3 is 14.5 Å². The van der Waals surface area contributed by atoms with Crippen LogP contribution in [0.1, 0.15) is 60.0 Å². The maximum atomic E-state index is 12.6. The molecule has 1 aromatic heterocycles. The minimum Gasteiger partial charge on any atom is -0.445 e. The number of aromatic nitrogens is 1. The zero-order valence-corrected chi connectivity index (χ0v) is 14.4. The van der Waals surface area contributed by atoms with Gasteiger partial charge in [-0.25, -0.2) is 4.98 Å². The normalized spacial score (nSPS) is 21.7. The molecule has 2 heterocycles. The van der Waals surface area contributed by atoms with Crippen molar-refractivity contribution in [2.75, 3.05) is 13.2 Å². The average molecular weight is 340 g/mol. The quantitative estimate of drug-likeness (QED) is 0.871. The molecule has 2 aliphatic rings. The number of ether oxygens (including phenoxy) is 1. The second-order valence-corrected chi connectivity index (χ2v) is 7.27. The van der Waals surface area contributed by atoms with E-state index < -0.39 is 0 Å². The van der Waals surface area contributed by atoms with E-state index in [9.17, 15) is 4.79 Å². The molecule has 1 atom stereocenters. The summed E-state index contributed by atoms with van der Waals surface area (Å²) in [7, 11) is 0. The van der Waals surface area contributed by atoms with Crippen molar-refractivity contribution in [1.82, 2.24) is 10.3 Å². The van der Waals surface area contributed by atoms with Crippen molar-refractivity contribution in [3.63, 3.8) is 0 Å². The van der Waals surface area contributed by atoms with Crippen molar-refractivity contribution >= 4 is 5.91 Å². The molecule has 1 aromatic carbocycles. The third-order valence-corrected chi connectivity index (χ3v) is 5.49. The van der Waals surface area contributed by atoms with E-state index in [1.54, 1.807) is 0 Å². The Kier molecular flexibility index (Phi) is 4.57. The number of hydrogen-bond donors (Lipinski definition) is 1. The summed E-state index contributed by atoms with van der Waals surface area (Å²) in [6.45, 7) is 1.39. The van der Waals surface area contributed by atoms with Gasteiger partial charge in [-0.1, -0.05) is 36.8 Å². The highest BCUT2D eigenvalue weighted by Gasteiger charge is 2.38. The van der Waals surface area contributed by atoms with E-state index in [1.165, 1.54) is 18.4 Å². The molecule has 4 rings (SSSR count). The van der Waals surface area contributed by atoms with Crippen LogP contribution in [0.25, 0.3) is 0 Å². The van der Waals surface area contributed by atoms with E-state index >= 15 is 0 Å². The SMILES string of the molecule is O=C(NCC1(Cc2ccccc2)CCC1)c1ncoc1[C@@H]1CCCO1. The fourth-order valence-corrected chi connectivity index (χ4v) is 3.91. The molecule has 1 aliphatic carbocycles. The van der Waals surface area contributed by atoms with Gasteiger partial charge in [-0.3, -0.25) is 4.79 Å². The highest BCUT2D eigenvalue weighted by atomic mass is 16.5. The fraction of sp³-hybridized carbons (Fsp3) is 0.500. The van der Waals surface area contributed by atoms with E-state index in [0.717, 1.165) is 32.1 Å². The zero-order valence-electron chi connectivity index (χ0n) is 14.4. The highest BCUT2D eigenvalue weighted by molar-refractivity contribution is 5.93. The lowest BCUT2D eigenvalue weighted by Crippen LogP contribution is -2.43. The monoisotopic (exact) mass is 340 g/mol. The second-order valence-electron chi connectivity index (χ2n) is 7.27. The average Bonchev–Trinajstić information content (AvgIpc) is 3.28. The summed E-state index contributed by atoms with van der Waals surface area (Å²) < 4.78 is 11.1. The van der Waals surface area contributed by atoms with Crippen LogP contribution in [0.15, 0.2) is 41.1 Å². The molecule has 0 unspecified atom stereocenters. The molecule has 1 saturated heterocycles. The predicted molar refractivity (Wildman–Crippen MR) is 93.2 cm³/mol. The van der Waals surface area contributed by atoms with Crippen LogP contribution in [0.3, 0.4) is 0 Å². The van der Waals surface area contributed by atoms with Crippen LogP contribution in [0.2, 0.25) is 0 Å². The standard InChI is InChI=1S/C20H24N2O3/c23-19(17-18(25-14-22-17)16-8-4-11-24-16)21-13-20(9-5-10-20)12-15-6-2-1-3-7-15/h1-3,6-7,14,16H,4-5,8-13H2,(H,21,23)/t16-/m0/s1. The molecule has 5 nitrogen and oxygen atoms in total. The van der Waals surface area contributed by atoms with Crippen molar-refractivity contribution in [3.8, 4) is 0 Å². The first-order chi connectivity index (χ1) is 12.3. The first-order valence-corrected chi connectivity index (χ1v) is 9.13. The summed E-state index contributed by atoms with van der Waals surface area (Å²) in [6.07, 6.45) is 7.62. The first kappa shape index (κ1) is 16.3. The minimum absolute atomic E-state index is 0.134. The van der Waals surface area contributed by atoms with Gasteiger partial charge >= 0.3 is 0 Å². The van der Waals surface area contributed by atoms with Gasteiger partial charge in [-0.05, 0) is 43.1 Å². The third-order valence-electron chi connectivity index (χ3n) is 5.49. The zero-order chi connectivity index (χ0) is 17.1. The Hall–Kier alpha value is -2.14. The Morgan fingerprint density at radius 1 is 1.24 bits per heavy atom. The number of benzene rings is 1. The van der Waals surface area contributed by atoms with Crippen LogP contribution >= 0.6 is 0 Å². The van der Waals surface area contributed by atoms with Crippen molar-refractivity contribution in [3.05, 3.63) is 53.7 Å². The molecule has 1 amide bonds. The highest BCUT2D eigenvalue weighted by Crippen LogP contribution is 2.43. The lowest BCUT2D eigenvalue weighted by atomic mass is 9.65. The van der Waals surface area contributed by atoms with Gasteiger partial charge in [0.25, 0.3) is 5.91 Å². The van der Waals surface area contributed by atoms with E-state index in [-0.39, 0.29) is 17.4 Å². The summed E-state index contributed by atoms with van der Waals surface area (Å²) in [5, 5.41) is 3.09. The van der Waals surface area contributed by atoms with Crippen LogP contribution in [0.5, 0.6) is 0 Å². The van der Waals surface area contributed by atoms with Crippen LogP contribution in [0.4, 0.5) is 0 Å². The Morgan fingerprint density at radius 3 is 2.76 bits per heavy atom. The van der Waals surface area contributed by atoms with Gasteiger partial charge in [0.15, 0.2) is 17.8 Å². The van der Waals surface area contributed by atoms with Crippen LogP contribution in [-0.2, 0) is 11.2 Å². The van der Waals surface area contributed by atoms with E-state index in [0.29, 0.717) is 24.6 Å². The molecular formula is C20H24N2O3. The maximum absolute atomic E-state index is 12.6. The van der Waals surface area contributed by atoms with Crippen molar-refractivity contribution in [1.29, 1.82) is 0 Å². The molecule has 132 valence electrons. The Labute approximate surface area is 147 Å². The summed E-state index contributed by atoms with van der Waals surface area (Å²) in [6, 6.07) is 10.5. The van der Waals surface area contributed by atoms with Crippen LogP contribution < -0.4 is 5.32 Å². The molecule has 0 bridgehead atoms. The smallest absolute Gasteiger partial charge is 0.273 e.